The molecule has 0 spiro atoms. The van der Waals surface area contributed by atoms with Gasteiger partial charge in [0.2, 0.25) is 0 Å². The Balaban J connectivity index is 1.78. The monoisotopic (exact) mass is 480 g/mol. The standard InChI is InChI=1S/C24H24N4O3S2/c1-3-17(14-29)25-20-18(22(30)27-11-7-8-15(2)21(27)26-20)12-19-23(31)28(24(32)33-19)13-16-9-5-4-6-10-16/h4-12,17,25,29H,3,13-14H2,1-2H3/b19-12+/t17-/m0/s1. The smallest absolute Gasteiger partial charge is 0.267 e. The molecule has 170 valence electrons. The molecule has 2 aromatic heterocycles. The fourth-order valence-electron chi connectivity index (χ4n) is 3.56. The molecule has 1 aromatic carbocycles. The Bertz CT molecular complexity index is 1300. The van der Waals surface area contributed by atoms with Crippen molar-refractivity contribution in [3.63, 3.8) is 0 Å². The number of aliphatic hydroxyl groups is 1. The first-order valence-electron chi connectivity index (χ1n) is 10.6. The molecule has 0 aliphatic carbocycles. The van der Waals surface area contributed by atoms with Gasteiger partial charge in [-0.2, -0.15) is 0 Å². The van der Waals surface area contributed by atoms with Gasteiger partial charge in [0.15, 0.2) is 0 Å². The Morgan fingerprint density at radius 3 is 2.67 bits per heavy atom. The highest BCUT2D eigenvalue weighted by molar-refractivity contribution is 8.26. The van der Waals surface area contributed by atoms with E-state index in [4.69, 9.17) is 12.2 Å². The van der Waals surface area contributed by atoms with Crippen LogP contribution in [0.5, 0.6) is 0 Å². The van der Waals surface area contributed by atoms with Gasteiger partial charge in [-0.1, -0.05) is 67.3 Å². The maximum absolute atomic E-state index is 13.4. The zero-order valence-corrected chi connectivity index (χ0v) is 19.9. The zero-order chi connectivity index (χ0) is 23.5. The van der Waals surface area contributed by atoms with Crippen molar-refractivity contribution < 1.29 is 9.90 Å². The third kappa shape index (κ3) is 4.71. The third-order valence-electron chi connectivity index (χ3n) is 5.47. The Labute approximate surface area is 201 Å². The average Bonchev–Trinajstić information content (AvgIpc) is 3.08. The van der Waals surface area contributed by atoms with Crippen molar-refractivity contribution >= 4 is 51.7 Å². The lowest BCUT2D eigenvalue weighted by molar-refractivity contribution is -0.122. The van der Waals surface area contributed by atoms with Gasteiger partial charge in [-0.05, 0) is 36.6 Å². The normalized spacial score (nSPS) is 16.1. The number of benzene rings is 1. The molecule has 1 saturated heterocycles. The van der Waals surface area contributed by atoms with E-state index >= 15 is 0 Å². The molecule has 0 radical (unpaired) electrons. The fourth-order valence-corrected chi connectivity index (χ4v) is 4.79. The summed E-state index contributed by atoms with van der Waals surface area (Å²) in [7, 11) is 0. The van der Waals surface area contributed by atoms with Crippen molar-refractivity contribution in [2.75, 3.05) is 11.9 Å². The number of aliphatic hydroxyl groups excluding tert-OH is 1. The number of aryl methyl sites for hydroxylation is 1. The summed E-state index contributed by atoms with van der Waals surface area (Å²) in [6.45, 7) is 4.07. The molecule has 7 nitrogen and oxygen atoms in total. The van der Waals surface area contributed by atoms with Crippen LogP contribution >= 0.6 is 24.0 Å². The van der Waals surface area contributed by atoms with E-state index in [0.29, 0.717) is 33.7 Å². The molecular weight excluding hydrogens is 456 g/mol. The molecule has 3 heterocycles. The van der Waals surface area contributed by atoms with Gasteiger partial charge in [0, 0.05) is 6.20 Å². The first-order valence-corrected chi connectivity index (χ1v) is 11.8. The highest BCUT2D eigenvalue weighted by Gasteiger charge is 2.32. The summed E-state index contributed by atoms with van der Waals surface area (Å²) in [5.74, 6) is 0.0891. The molecular formula is C24H24N4O3S2. The SMILES string of the molecule is CC[C@@H](CO)Nc1nc2c(C)cccn2c(=O)c1/C=C1/SC(=S)N(Cc2ccccc2)C1=O. The fraction of sp³-hybridized carbons (Fsp3) is 0.250. The molecule has 1 aliphatic heterocycles. The van der Waals surface area contributed by atoms with E-state index in [1.165, 1.54) is 21.1 Å². The number of anilines is 1. The van der Waals surface area contributed by atoms with Crippen molar-refractivity contribution in [1.82, 2.24) is 14.3 Å². The van der Waals surface area contributed by atoms with E-state index in [2.05, 4.69) is 10.3 Å². The first kappa shape index (κ1) is 23.2. The van der Waals surface area contributed by atoms with Crippen molar-refractivity contribution in [2.45, 2.75) is 32.9 Å². The van der Waals surface area contributed by atoms with E-state index in [1.54, 1.807) is 18.3 Å². The predicted octanol–water partition coefficient (Wildman–Crippen LogP) is 3.59. The molecule has 9 heteroatoms. The summed E-state index contributed by atoms with van der Waals surface area (Å²) in [6.07, 6.45) is 3.85. The van der Waals surface area contributed by atoms with E-state index in [9.17, 15) is 14.7 Å². The minimum Gasteiger partial charge on any atom is -0.394 e. The molecule has 0 saturated carbocycles. The topological polar surface area (TPSA) is 86.9 Å². The van der Waals surface area contributed by atoms with Crippen LogP contribution < -0.4 is 10.9 Å². The summed E-state index contributed by atoms with van der Waals surface area (Å²) in [5, 5.41) is 12.9. The number of amides is 1. The number of rotatable bonds is 7. The highest BCUT2D eigenvalue weighted by atomic mass is 32.2. The van der Waals surface area contributed by atoms with E-state index < -0.39 is 0 Å². The lowest BCUT2D eigenvalue weighted by Gasteiger charge is -2.17. The Hall–Kier alpha value is -3.01. The summed E-state index contributed by atoms with van der Waals surface area (Å²) in [4.78, 5) is 33.1. The van der Waals surface area contributed by atoms with Crippen molar-refractivity contribution in [3.05, 3.63) is 80.6 Å². The first-order chi connectivity index (χ1) is 15.9. The molecule has 0 unspecified atom stereocenters. The number of hydrogen-bond donors (Lipinski definition) is 2. The van der Waals surface area contributed by atoms with Crippen LogP contribution in [-0.2, 0) is 11.3 Å². The molecule has 2 N–H and O–H groups in total. The number of carbonyl (C=O) groups excluding carboxylic acids is 1. The second kappa shape index (κ2) is 9.86. The van der Waals surface area contributed by atoms with Gasteiger partial charge >= 0.3 is 0 Å². The summed E-state index contributed by atoms with van der Waals surface area (Å²) in [6, 6.07) is 13.0. The van der Waals surface area contributed by atoms with Gasteiger partial charge in [0.05, 0.1) is 29.7 Å². The molecule has 1 fully saturated rings. The van der Waals surface area contributed by atoms with Crippen molar-refractivity contribution in [3.8, 4) is 0 Å². The van der Waals surface area contributed by atoms with Crippen LogP contribution in [0.1, 0.15) is 30.0 Å². The van der Waals surface area contributed by atoms with Crippen LogP contribution in [0.15, 0.2) is 58.4 Å². The summed E-state index contributed by atoms with van der Waals surface area (Å²) in [5.41, 5.74) is 2.29. The molecule has 1 aliphatic rings. The number of nitrogens with one attached hydrogen (secondary N) is 1. The van der Waals surface area contributed by atoms with Crippen molar-refractivity contribution in [2.24, 2.45) is 0 Å². The Morgan fingerprint density at radius 2 is 1.97 bits per heavy atom. The minimum absolute atomic E-state index is 0.107. The molecule has 3 aromatic rings. The van der Waals surface area contributed by atoms with Gasteiger partial charge in [0.25, 0.3) is 11.5 Å². The van der Waals surface area contributed by atoms with E-state index in [1.807, 2.05) is 50.2 Å². The second-order valence-electron chi connectivity index (χ2n) is 7.75. The molecule has 33 heavy (non-hydrogen) atoms. The highest BCUT2D eigenvalue weighted by Crippen LogP contribution is 2.34. The number of hydrogen-bond acceptors (Lipinski definition) is 7. The molecule has 0 bridgehead atoms. The van der Waals surface area contributed by atoms with Gasteiger partial charge in [0.1, 0.15) is 15.8 Å². The van der Waals surface area contributed by atoms with Crippen molar-refractivity contribution in [1.29, 1.82) is 0 Å². The van der Waals surface area contributed by atoms with Crippen LogP contribution in [0.3, 0.4) is 0 Å². The number of carbonyl (C=O) groups is 1. The molecule has 1 atom stereocenters. The summed E-state index contributed by atoms with van der Waals surface area (Å²) >= 11 is 6.62. The largest absolute Gasteiger partial charge is 0.394 e. The van der Waals surface area contributed by atoms with Gasteiger partial charge in [-0.3, -0.25) is 18.9 Å². The maximum atomic E-state index is 13.4. The van der Waals surface area contributed by atoms with Crippen LogP contribution in [0, 0.1) is 6.92 Å². The number of pyridine rings is 1. The lowest BCUT2D eigenvalue weighted by Crippen LogP contribution is -2.28. The summed E-state index contributed by atoms with van der Waals surface area (Å²) < 4.78 is 1.91. The van der Waals surface area contributed by atoms with Crippen LogP contribution in [0.2, 0.25) is 0 Å². The van der Waals surface area contributed by atoms with Gasteiger partial charge in [-0.25, -0.2) is 4.98 Å². The number of fused-ring (bicyclic) bond motifs is 1. The minimum atomic E-state index is -0.299. The number of thiocarbonyl (C=S) groups is 1. The zero-order valence-electron chi connectivity index (χ0n) is 18.3. The number of aromatic nitrogens is 2. The molecule has 1 amide bonds. The Morgan fingerprint density at radius 1 is 1.21 bits per heavy atom. The second-order valence-corrected chi connectivity index (χ2v) is 9.43. The third-order valence-corrected chi connectivity index (χ3v) is 6.85. The quantitative estimate of drug-likeness (QED) is 0.395. The van der Waals surface area contributed by atoms with Crippen LogP contribution in [0.25, 0.3) is 11.7 Å². The number of nitrogens with zero attached hydrogens (tertiary/aromatic N) is 3. The van der Waals surface area contributed by atoms with Gasteiger partial charge in [-0.15, -0.1) is 0 Å². The van der Waals surface area contributed by atoms with E-state index in [-0.39, 0.29) is 29.7 Å². The molecule has 4 rings (SSSR count). The lowest BCUT2D eigenvalue weighted by atomic mass is 10.2. The Kier molecular flexibility index (Phi) is 6.92. The average molecular weight is 481 g/mol. The van der Waals surface area contributed by atoms with Crippen LogP contribution in [-0.4, -0.2) is 42.3 Å². The maximum Gasteiger partial charge on any atom is 0.267 e. The van der Waals surface area contributed by atoms with Crippen LogP contribution in [0.4, 0.5) is 5.82 Å². The number of thioether (sulfide) groups is 1. The van der Waals surface area contributed by atoms with E-state index in [0.717, 1.165) is 11.1 Å². The van der Waals surface area contributed by atoms with Gasteiger partial charge < -0.3 is 10.4 Å². The predicted molar refractivity (Wildman–Crippen MR) is 136 cm³/mol.